The SMILES string of the molecule is Cc1ccc(COc2ccc3c(c2)OC(=Cc2cccc(F)c2)C3=O)cc1. The largest absolute Gasteiger partial charge is 0.489 e. The van der Waals surface area contributed by atoms with Crippen molar-refractivity contribution < 1.29 is 18.7 Å². The molecule has 1 aliphatic heterocycles. The van der Waals surface area contributed by atoms with Gasteiger partial charge >= 0.3 is 0 Å². The lowest BCUT2D eigenvalue weighted by molar-refractivity contribution is 0.101. The number of ketones is 1. The molecule has 0 fully saturated rings. The molecule has 0 spiro atoms. The molecule has 0 unspecified atom stereocenters. The number of hydrogen-bond donors (Lipinski definition) is 0. The van der Waals surface area contributed by atoms with Gasteiger partial charge in [-0.15, -0.1) is 0 Å². The smallest absolute Gasteiger partial charge is 0.231 e. The fourth-order valence-corrected chi connectivity index (χ4v) is 2.86. The maximum Gasteiger partial charge on any atom is 0.231 e. The minimum atomic E-state index is -0.362. The van der Waals surface area contributed by atoms with Crippen LogP contribution in [0, 0.1) is 12.7 Å². The lowest BCUT2D eigenvalue weighted by atomic mass is 10.1. The second-order valence-corrected chi connectivity index (χ2v) is 6.43. The summed E-state index contributed by atoms with van der Waals surface area (Å²) in [5.41, 5.74) is 3.30. The standard InChI is InChI=1S/C23H17FO3/c1-15-5-7-16(8-6-15)14-26-19-9-10-20-21(13-19)27-22(23(20)25)12-17-3-2-4-18(24)11-17/h2-13H,14H2,1H3. The Balaban J connectivity index is 1.51. The predicted octanol–water partition coefficient (Wildman–Crippen LogP) is 5.33. The number of carbonyl (C=O) groups is 1. The molecule has 1 aliphatic rings. The molecule has 134 valence electrons. The lowest BCUT2D eigenvalue weighted by Crippen LogP contribution is -1.98. The van der Waals surface area contributed by atoms with Gasteiger partial charge in [0.25, 0.3) is 0 Å². The van der Waals surface area contributed by atoms with E-state index in [1.54, 1.807) is 30.3 Å². The molecule has 3 nitrogen and oxygen atoms in total. The van der Waals surface area contributed by atoms with Gasteiger partial charge in [-0.1, -0.05) is 42.0 Å². The Bertz CT molecular complexity index is 1040. The number of fused-ring (bicyclic) bond motifs is 1. The van der Waals surface area contributed by atoms with Gasteiger partial charge in [0, 0.05) is 6.07 Å². The molecule has 0 N–H and O–H groups in total. The van der Waals surface area contributed by atoms with Crippen molar-refractivity contribution in [1.82, 2.24) is 0 Å². The summed E-state index contributed by atoms with van der Waals surface area (Å²) in [5.74, 6) is 0.655. The van der Waals surface area contributed by atoms with E-state index in [0.717, 1.165) is 5.56 Å². The highest BCUT2D eigenvalue weighted by atomic mass is 19.1. The summed E-state index contributed by atoms with van der Waals surface area (Å²) in [6.07, 6.45) is 1.54. The van der Waals surface area contributed by atoms with Crippen LogP contribution in [0.3, 0.4) is 0 Å². The average Bonchev–Trinajstić information content (AvgIpc) is 2.96. The summed E-state index contributed by atoms with van der Waals surface area (Å²) in [6.45, 7) is 2.47. The Kier molecular flexibility index (Phi) is 4.47. The zero-order chi connectivity index (χ0) is 18.8. The molecular weight excluding hydrogens is 343 g/mol. The number of ether oxygens (including phenoxy) is 2. The molecule has 0 radical (unpaired) electrons. The highest BCUT2D eigenvalue weighted by Gasteiger charge is 2.27. The highest BCUT2D eigenvalue weighted by molar-refractivity contribution is 6.14. The van der Waals surface area contributed by atoms with Crippen LogP contribution >= 0.6 is 0 Å². The second kappa shape index (κ2) is 7.08. The normalized spacial score (nSPS) is 14.1. The number of Topliss-reactive ketones (excluding diaryl/α,β-unsaturated/α-hetero) is 1. The van der Waals surface area contributed by atoms with Gasteiger partial charge in [-0.05, 0) is 48.4 Å². The van der Waals surface area contributed by atoms with Gasteiger partial charge in [0.1, 0.15) is 23.9 Å². The van der Waals surface area contributed by atoms with Gasteiger partial charge in [-0.3, -0.25) is 4.79 Å². The van der Waals surface area contributed by atoms with Crippen molar-refractivity contribution in [2.24, 2.45) is 0 Å². The van der Waals surface area contributed by atoms with Crippen LogP contribution in [-0.4, -0.2) is 5.78 Å². The first-order valence-corrected chi connectivity index (χ1v) is 8.61. The van der Waals surface area contributed by atoms with Crippen LogP contribution in [0.1, 0.15) is 27.0 Å². The Morgan fingerprint density at radius 1 is 1.04 bits per heavy atom. The van der Waals surface area contributed by atoms with Crippen LogP contribution in [0.2, 0.25) is 0 Å². The van der Waals surface area contributed by atoms with Crippen molar-refractivity contribution in [2.75, 3.05) is 0 Å². The first-order valence-electron chi connectivity index (χ1n) is 8.61. The zero-order valence-corrected chi connectivity index (χ0v) is 14.7. The van der Waals surface area contributed by atoms with Gasteiger partial charge in [0.2, 0.25) is 5.78 Å². The average molecular weight is 360 g/mol. The van der Waals surface area contributed by atoms with Crippen LogP contribution in [0.25, 0.3) is 6.08 Å². The van der Waals surface area contributed by atoms with Crippen molar-refractivity contribution in [1.29, 1.82) is 0 Å². The van der Waals surface area contributed by atoms with Crippen LogP contribution in [0.4, 0.5) is 4.39 Å². The first-order chi connectivity index (χ1) is 13.1. The molecule has 0 bridgehead atoms. The van der Waals surface area contributed by atoms with E-state index in [4.69, 9.17) is 9.47 Å². The number of rotatable bonds is 4. The number of halogens is 1. The molecule has 4 heteroatoms. The molecule has 0 saturated heterocycles. The quantitative estimate of drug-likeness (QED) is 0.590. The maximum absolute atomic E-state index is 13.3. The molecule has 4 rings (SSSR count). The molecule has 27 heavy (non-hydrogen) atoms. The van der Waals surface area contributed by atoms with E-state index in [1.165, 1.54) is 23.8 Å². The van der Waals surface area contributed by atoms with Gasteiger partial charge in [-0.2, -0.15) is 0 Å². The van der Waals surface area contributed by atoms with Crippen LogP contribution in [-0.2, 0) is 6.61 Å². The van der Waals surface area contributed by atoms with Crippen LogP contribution in [0.15, 0.2) is 72.5 Å². The fraction of sp³-hybridized carbons (Fsp3) is 0.0870. The molecule has 0 saturated carbocycles. The first kappa shape index (κ1) is 17.0. The number of benzene rings is 3. The van der Waals surface area contributed by atoms with Gasteiger partial charge in [0.15, 0.2) is 5.76 Å². The van der Waals surface area contributed by atoms with Crippen LogP contribution < -0.4 is 9.47 Å². The third kappa shape index (κ3) is 3.75. The molecule has 0 aliphatic carbocycles. The molecular formula is C23H17FO3. The lowest BCUT2D eigenvalue weighted by Gasteiger charge is -2.07. The van der Waals surface area contributed by atoms with Crippen molar-refractivity contribution in [2.45, 2.75) is 13.5 Å². The van der Waals surface area contributed by atoms with Crippen LogP contribution in [0.5, 0.6) is 11.5 Å². The molecule has 0 atom stereocenters. The maximum atomic E-state index is 13.3. The van der Waals surface area contributed by atoms with Gasteiger partial charge < -0.3 is 9.47 Å². The van der Waals surface area contributed by atoms with E-state index in [2.05, 4.69) is 0 Å². The number of allylic oxidation sites excluding steroid dienone is 1. The van der Waals surface area contributed by atoms with E-state index in [0.29, 0.717) is 29.2 Å². The predicted molar refractivity (Wildman–Crippen MR) is 101 cm³/mol. The Hall–Kier alpha value is -3.40. The summed E-state index contributed by atoms with van der Waals surface area (Å²) < 4.78 is 24.8. The third-order valence-electron chi connectivity index (χ3n) is 4.31. The van der Waals surface area contributed by atoms with E-state index in [9.17, 15) is 9.18 Å². The number of aryl methyl sites for hydroxylation is 1. The van der Waals surface area contributed by atoms with E-state index in [-0.39, 0.29) is 17.4 Å². The summed E-state index contributed by atoms with van der Waals surface area (Å²) in [6, 6.07) is 19.2. The fourth-order valence-electron chi connectivity index (χ4n) is 2.86. The number of hydrogen-bond acceptors (Lipinski definition) is 3. The summed E-state index contributed by atoms with van der Waals surface area (Å²) in [5, 5.41) is 0. The van der Waals surface area contributed by atoms with E-state index >= 15 is 0 Å². The summed E-state index contributed by atoms with van der Waals surface area (Å²) in [4.78, 5) is 12.5. The Morgan fingerprint density at radius 2 is 1.85 bits per heavy atom. The van der Waals surface area contributed by atoms with Crippen molar-refractivity contribution >= 4 is 11.9 Å². The third-order valence-corrected chi connectivity index (χ3v) is 4.31. The molecule has 3 aromatic rings. The molecule has 3 aromatic carbocycles. The minimum absolute atomic E-state index is 0.172. The monoisotopic (exact) mass is 360 g/mol. The summed E-state index contributed by atoms with van der Waals surface area (Å²) in [7, 11) is 0. The molecule has 0 amide bonds. The minimum Gasteiger partial charge on any atom is -0.489 e. The summed E-state index contributed by atoms with van der Waals surface area (Å²) >= 11 is 0. The topological polar surface area (TPSA) is 35.5 Å². The van der Waals surface area contributed by atoms with Gasteiger partial charge in [-0.25, -0.2) is 4.39 Å². The molecule has 1 heterocycles. The van der Waals surface area contributed by atoms with Crippen molar-refractivity contribution in [3.8, 4) is 11.5 Å². The Labute approximate surface area is 156 Å². The molecule has 0 aromatic heterocycles. The van der Waals surface area contributed by atoms with Crippen molar-refractivity contribution in [3.05, 3.63) is 101 Å². The van der Waals surface area contributed by atoms with Crippen molar-refractivity contribution in [3.63, 3.8) is 0 Å². The van der Waals surface area contributed by atoms with Gasteiger partial charge in [0.05, 0.1) is 5.56 Å². The second-order valence-electron chi connectivity index (χ2n) is 6.43. The van der Waals surface area contributed by atoms with E-state index in [1.807, 2.05) is 31.2 Å². The zero-order valence-electron chi connectivity index (χ0n) is 14.7. The highest BCUT2D eigenvalue weighted by Crippen LogP contribution is 2.35. The number of carbonyl (C=O) groups excluding carboxylic acids is 1. The Morgan fingerprint density at radius 3 is 2.63 bits per heavy atom. The van der Waals surface area contributed by atoms with E-state index < -0.39 is 0 Å².